The van der Waals surface area contributed by atoms with Gasteiger partial charge in [-0.2, -0.15) is 10.2 Å². The summed E-state index contributed by atoms with van der Waals surface area (Å²) in [4.78, 5) is 9.96. The average molecular weight is 549 g/mol. The predicted molar refractivity (Wildman–Crippen MR) is 162 cm³/mol. The molecule has 4 aromatic rings. The molecule has 0 atom stereocenters. The molecule has 0 spiro atoms. The Labute approximate surface area is 241 Å². The third-order valence-electron chi connectivity index (χ3n) is 7.32. The van der Waals surface area contributed by atoms with Crippen LogP contribution in [0.2, 0.25) is 0 Å². The van der Waals surface area contributed by atoms with Crippen LogP contribution in [0.4, 0.5) is 5.82 Å². The normalized spacial score (nSPS) is 19.1. The fourth-order valence-corrected chi connectivity index (χ4v) is 5.39. The lowest BCUT2D eigenvalue weighted by molar-refractivity contribution is -0.583. The van der Waals surface area contributed by atoms with Crippen LogP contribution in [0.15, 0.2) is 142 Å². The highest BCUT2D eigenvalue weighted by molar-refractivity contribution is 6.40. The number of aromatic nitrogens is 3. The molecule has 0 unspecified atom stereocenters. The summed E-state index contributed by atoms with van der Waals surface area (Å²) in [5, 5.41) is 20.7. The maximum atomic E-state index is 5.13. The molecule has 0 radical (unpaired) electrons. The molecule has 0 saturated heterocycles. The van der Waals surface area contributed by atoms with Gasteiger partial charge in [0.05, 0.1) is 5.71 Å². The average Bonchev–Trinajstić information content (AvgIpc) is 3.04. The smallest absolute Gasteiger partial charge is 0.350 e. The molecule has 2 aromatic carbocycles. The monoisotopic (exact) mass is 548 g/mol. The molecule has 0 aliphatic carbocycles. The lowest BCUT2D eigenvalue weighted by Gasteiger charge is -2.47. The summed E-state index contributed by atoms with van der Waals surface area (Å²) in [6, 6.07) is 26.1. The summed E-state index contributed by atoms with van der Waals surface area (Å²) in [5.41, 5.74) is 12.1. The van der Waals surface area contributed by atoms with E-state index in [-0.39, 0.29) is 0 Å². The highest BCUT2D eigenvalue weighted by Crippen LogP contribution is 2.43. The highest BCUT2D eigenvalue weighted by Gasteiger charge is 2.37. The lowest BCUT2D eigenvalue weighted by Crippen LogP contribution is -2.37. The minimum Gasteiger partial charge on any atom is -0.586 e. The first-order chi connectivity index (χ1) is 20.7. The summed E-state index contributed by atoms with van der Waals surface area (Å²) in [7, 11) is 3.80. The molecule has 0 amide bonds. The third-order valence-corrected chi connectivity index (χ3v) is 7.32. The van der Waals surface area contributed by atoms with Gasteiger partial charge in [-0.15, -0.1) is 4.52 Å². The Kier molecular flexibility index (Phi) is 5.33. The lowest BCUT2D eigenvalue weighted by atomic mass is 9.87. The molecule has 42 heavy (non-hydrogen) atoms. The van der Waals surface area contributed by atoms with Crippen LogP contribution in [0.1, 0.15) is 16.8 Å². The van der Waals surface area contributed by atoms with Gasteiger partial charge >= 0.3 is 5.65 Å². The second kappa shape index (κ2) is 9.34. The van der Waals surface area contributed by atoms with E-state index in [9.17, 15) is 0 Å². The van der Waals surface area contributed by atoms with Crippen molar-refractivity contribution < 1.29 is 4.52 Å². The van der Waals surface area contributed by atoms with Crippen LogP contribution in [0.5, 0.6) is 0 Å². The molecule has 10 heteroatoms. The molecular weight excluding hydrogens is 524 g/mol. The van der Waals surface area contributed by atoms with Crippen LogP contribution in [0, 0.1) is 0 Å². The maximum Gasteiger partial charge on any atom is 0.350 e. The zero-order chi connectivity index (χ0) is 28.2. The zero-order valence-electron chi connectivity index (χ0n) is 22.9. The predicted octanol–water partition coefficient (Wildman–Crippen LogP) is 4.43. The van der Waals surface area contributed by atoms with Crippen LogP contribution >= 0.6 is 0 Å². The molecule has 0 fully saturated rings. The number of benzene rings is 2. The summed E-state index contributed by atoms with van der Waals surface area (Å²) < 4.78 is 1.79. The molecule has 4 aliphatic heterocycles. The number of pyridine rings is 1. The molecule has 6 heterocycles. The molecular formula is C32H24N10. The number of hydrogen-bond donors (Lipinski definition) is 0. The van der Waals surface area contributed by atoms with Crippen molar-refractivity contribution in [2.24, 2.45) is 15.2 Å². The SMILES string of the molecule is CN1N=C(c2ccccc2)/C(=C2\C(c3ccccc3)=NN(C)c3nc4cccc[n+]4nc32)C2=C1N=C1C=CC=CN1[N-]2. The number of aliphatic imine (C=N–C) groups is 1. The van der Waals surface area contributed by atoms with Crippen molar-refractivity contribution in [3.05, 3.63) is 149 Å². The Bertz CT molecular complexity index is 1980. The van der Waals surface area contributed by atoms with Crippen molar-refractivity contribution in [2.45, 2.75) is 0 Å². The second-order valence-corrected chi connectivity index (χ2v) is 10.0. The molecule has 10 nitrogen and oxygen atoms in total. The highest BCUT2D eigenvalue weighted by atomic mass is 15.6. The first-order valence-corrected chi connectivity index (χ1v) is 13.5. The first kappa shape index (κ1) is 23.9. The summed E-state index contributed by atoms with van der Waals surface area (Å²) in [5.74, 6) is 1.99. The van der Waals surface area contributed by atoms with Gasteiger partial charge in [0.2, 0.25) is 0 Å². The van der Waals surface area contributed by atoms with Gasteiger partial charge in [0.1, 0.15) is 23.6 Å². The molecule has 0 bridgehead atoms. The third kappa shape index (κ3) is 3.73. The second-order valence-electron chi connectivity index (χ2n) is 10.0. The Balaban J connectivity index is 1.51. The summed E-state index contributed by atoms with van der Waals surface area (Å²) >= 11 is 0. The van der Waals surface area contributed by atoms with Gasteiger partial charge in [-0.25, -0.2) is 10.0 Å². The van der Waals surface area contributed by atoms with Gasteiger partial charge in [-0.1, -0.05) is 83.6 Å². The van der Waals surface area contributed by atoms with E-state index in [1.165, 1.54) is 0 Å². The van der Waals surface area contributed by atoms with Gasteiger partial charge in [0.25, 0.3) is 5.82 Å². The minimum atomic E-state index is 0.637. The van der Waals surface area contributed by atoms with Gasteiger partial charge in [-0.3, -0.25) is 5.01 Å². The van der Waals surface area contributed by atoms with E-state index in [2.05, 4.69) is 24.3 Å². The van der Waals surface area contributed by atoms with E-state index in [0.717, 1.165) is 33.7 Å². The topological polar surface area (TPSA) is 90.8 Å². The molecule has 0 saturated carbocycles. The van der Waals surface area contributed by atoms with Gasteiger partial charge in [0, 0.05) is 42.4 Å². The van der Waals surface area contributed by atoms with Crippen LogP contribution in [0.25, 0.3) is 16.6 Å². The van der Waals surface area contributed by atoms with E-state index in [1.54, 1.807) is 19.5 Å². The van der Waals surface area contributed by atoms with Crippen LogP contribution in [0.3, 0.4) is 0 Å². The standard InChI is InChI=1S/C32H24N10/c1-39-31-29(37-41-19-11-9-17-23(41)33-31)25(27(35-39)21-13-5-3-6-14-21)26-28(22-15-7-4-8-16-22)36-40(2)32-30(26)38-42-20-12-10-18-24(42)34-32/h3-20H,1-2H3/b26-25-. The van der Waals surface area contributed by atoms with Crippen LogP contribution in [-0.2, 0) is 0 Å². The van der Waals surface area contributed by atoms with Gasteiger partial charge in [0.15, 0.2) is 5.69 Å². The Morgan fingerprint density at radius 3 is 2.19 bits per heavy atom. The summed E-state index contributed by atoms with van der Waals surface area (Å²) in [6.45, 7) is 0. The fraction of sp³-hybridized carbons (Fsp3) is 0.0625. The number of anilines is 1. The fourth-order valence-electron chi connectivity index (χ4n) is 5.39. The Hall–Kier alpha value is -5.90. The number of allylic oxidation sites excluding steroid dienone is 4. The summed E-state index contributed by atoms with van der Waals surface area (Å²) in [6.07, 6.45) is 9.62. The largest absolute Gasteiger partial charge is 0.586 e. The van der Waals surface area contributed by atoms with Crippen molar-refractivity contribution in [3.8, 4) is 0 Å². The minimum absolute atomic E-state index is 0.637. The van der Waals surface area contributed by atoms with E-state index in [0.29, 0.717) is 34.5 Å². The number of amidine groups is 1. The molecule has 4 aliphatic rings. The molecule has 2 aromatic heterocycles. The van der Waals surface area contributed by atoms with Crippen molar-refractivity contribution in [2.75, 3.05) is 19.1 Å². The maximum absolute atomic E-state index is 5.13. The molecule has 0 N–H and O–H groups in total. The van der Waals surface area contributed by atoms with Crippen molar-refractivity contribution >= 4 is 34.3 Å². The van der Waals surface area contributed by atoms with Crippen molar-refractivity contribution in [3.63, 3.8) is 0 Å². The zero-order valence-corrected chi connectivity index (χ0v) is 22.9. The first-order valence-electron chi connectivity index (χ1n) is 13.5. The van der Waals surface area contributed by atoms with Gasteiger partial charge < -0.3 is 10.4 Å². The van der Waals surface area contributed by atoms with E-state index >= 15 is 0 Å². The number of hydrogen-bond acceptors (Lipinski definition) is 8. The molecule has 8 rings (SSSR count). The van der Waals surface area contributed by atoms with E-state index in [4.69, 9.17) is 30.7 Å². The number of rotatable bonds is 2. The van der Waals surface area contributed by atoms with Crippen LogP contribution in [-0.4, -0.2) is 51.5 Å². The van der Waals surface area contributed by atoms with Crippen molar-refractivity contribution in [1.29, 1.82) is 0 Å². The van der Waals surface area contributed by atoms with Crippen molar-refractivity contribution in [1.82, 2.24) is 20.1 Å². The Morgan fingerprint density at radius 1 is 0.738 bits per heavy atom. The number of fused-ring (bicyclic) bond motifs is 3. The van der Waals surface area contributed by atoms with Gasteiger partial charge in [-0.05, 0) is 29.4 Å². The van der Waals surface area contributed by atoms with Crippen LogP contribution < -0.4 is 9.52 Å². The van der Waals surface area contributed by atoms with E-state index < -0.39 is 0 Å². The quantitative estimate of drug-likeness (QED) is 0.346. The molecule has 202 valence electrons. The number of hydrazone groups is 2. The van der Waals surface area contributed by atoms with E-state index in [1.807, 2.05) is 99.3 Å². The Morgan fingerprint density at radius 2 is 1.43 bits per heavy atom. The number of nitrogens with zero attached hydrogens (tertiary/aromatic N) is 10.